The third-order valence-corrected chi connectivity index (χ3v) is 2.90. The number of hydrogen-bond donors (Lipinski definition) is 1. The molecule has 1 rings (SSSR count). The summed E-state index contributed by atoms with van der Waals surface area (Å²) in [6, 6.07) is 0. The van der Waals surface area contributed by atoms with E-state index in [1.807, 2.05) is 11.6 Å². The molecule has 0 atom stereocenters. The van der Waals surface area contributed by atoms with Crippen molar-refractivity contribution in [3.05, 3.63) is 5.82 Å². The molecule has 84 valence electrons. The van der Waals surface area contributed by atoms with Gasteiger partial charge < -0.3 is 10.3 Å². The molecule has 2 N–H and O–H groups in total. The van der Waals surface area contributed by atoms with Gasteiger partial charge in [0.1, 0.15) is 5.82 Å². The smallest absolute Gasteiger partial charge is 0.217 e. The molecule has 1 aromatic rings. The third kappa shape index (κ3) is 3.54. The molecule has 0 radical (unpaired) electrons. The molecule has 6 heteroatoms. The van der Waals surface area contributed by atoms with E-state index in [9.17, 15) is 4.79 Å². The van der Waals surface area contributed by atoms with E-state index < -0.39 is 0 Å². The number of nitrogens with two attached hydrogens (primary N) is 1. The van der Waals surface area contributed by atoms with Gasteiger partial charge in [-0.15, -0.1) is 10.2 Å². The Hall–Kier alpha value is -1.04. The fraction of sp³-hybridized carbons (Fsp3) is 0.667. The lowest BCUT2D eigenvalue weighted by Gasteiger charge is -2.04. The van der Waals surface area contributed by atoms with Gasteiger partial charge in [-0.3, -0.25) is 4.79 Å². The third-order valence-electron chi connectivity index (χ3n) is 1.86. The van der Waals surface area contributed by atoms with E-state index in [2.05, 4.69) is 24.0 Å². The van der Waals surface area contributed by atoms with Gasteiger partial charge in [-0.05, 0) is 0 Å². The summed E-state index contributed by atoms with van der Waals surface area (Å²) < 4.78 is 1.91. The number of carbonyl (C=O) groups is 1. The molecule has 1 aromatic heterocycles. The fourth-order valence-corrected chi connectivity index (χ4v) is 1.88. The minimum absolute atomic E-state index is 0.309. The Bertz CT molecular complexity index is 348. The van der Waals surface area contributed by atoms with E-state index in [1.165, 1.54) is 0 Å². The number of hydrogen-bond acceptors (Lipinski definition) is 4. The topological polar surface area (TPSA) is 73.8 Å². The zero-order valence-corrected chi connectivity index (χ0v) is 10.0. The van der Waals surface area contributed by atoms with Crippen molar-refractivity contribution in [2.45, 2.75) is 37.1 Å². The van der Waals surface area contributed by atoms with Crippen LogP contribution in [0.2, 0.25) is 0 Å². The van der Waals surface area contributed by atoms with Crippen LogP contribution in [0.1, 0.15) is 26.1 Å². The number of carbonyl (C=O) groups excluding carboxylic acids is 1. The van der Waals surface area contributed by atoms with E-state index >= 15 is 0 Å². The molecule has 0 saturated heterocycles. The quantitative estimate of drug-likeness (QED) is 0.754. The zero-order valence-electron chi connectivity index (χ0n) is 9.23. The van der Waals surface area contributed by atoms with Crippen LogP contribution in [-0.2, 0) is 18.3 Å². The summed E-state index contributed by atoms with van der Waals surface area (Å²) in [5.74, 6) is 0.494. The molecule has 0 aliphatic heterocycles. The average Bonchev–Trinajstić information content (AvgIpc) is 2.44. The first-order chi connectivity index (χ1) is 7.00. The van der Waals surface area contributed by atoms with E-state index in [-0.39, 0.29) is 5.91 Å². The molecular formula is C9H16N4OS. The molecule has 5 nitrogen and oxygen atoms in total. The van der Waals surface area contributed by atoms with Gasteiger partial charge in [0, 0.05) is 25.1 Å². The predicted molar refractivity (Wildman–Crippen MR) is 59.5 cm³/mol. The summed E-state index contributed by atoms with van der Waals surface area (Å²) >= 11 is 1.65. The van der Waals surface area contributed by atoms with Crippen LogP contribution >= 0.6 is 11.8 Å². The maximum Gasteiger partial charge on any atom is 0.217 e. The van der Waals surface area contributed by atoms with E-state index in [1.54, 1.807) is 11.8 Å². The summed E-state index contributed by atoms with van der Waals surface area (Å²) in [5.41, 5.74) is 5.08. The lowest BCUT2D eigenvalue weighted by atomic mass is 10.3. The van der Waals surface area contributed by atoms with Crippen LogP contribution in [0.3, 0.4) is 0 Å². The van der Waals surface area contributed by atoms with Crippen LogP contribution in [0.15, 0.2) is 5.16 Å². The van der Waals surface area contributed by atoms with Crippen LogP contribution in [0.25, 0.3) is 0 Å². The van der Waals surface area contributed by atoms with Gasteiger partial charge in [-0.1, -0.05) is 25.6 Å². The summed E-state index contributed by atoms with van der Waals surface area (Å²) in [5, 5.41) is 9.43. The lowest BCUT2D eigenvalue weighted by molar-refractivity contribution is -0.118. The van der Waals surface area contributed by atoms with E-state index in [0.717, 1.165) is 11.0 Å². The lowest BCUT2D eigenvalue weighted by Crippen LogP contribution is -2.12. The number of primary amides is 1. The van der Waals surface area contributed by atoms with Crippen molar-refractivity contribution >= 4 is 17.7 Å². The molecule has 0 spiro atoms. The second-order valence-corrected chi connectivity index (χ2v) is 5.13. The molecule has 15 heavy (non-hydrogen) atoms. The summed E-state index contributed by atoms with van der Waals surface area (Å²) in [4.78, 5) is 10.6. The summed E-state index contributed by atoms with van der Waals surface area (Å²) in [6.07, 6.45) is 0.871. The molecule has 1 amide bonds. The van der Waals surface area contributed by atoms with Crippen LogP contribution in [0.4, 0.5) is 0 Å². The monoisotopic (exact) mass is 228 g/mol. The van der Waals surface area contributed by atoms with Gasteiger partial charge >= 0.3 is 0 Å². The van der Waals surface area contributed by atoms with Gasteiger partial charge in [0.2, 0.25) is 5.91 Å². The Morgan fingerprint density at radius 3 is 2.73 bits per heavy atom. The van der Waals surface area contributed by atoms with E-state index in [0.29, 0.717) is 18.1 Å². The number of thioether (sulfide) groups is 1. The van der Waals surface area contributed by atoms with Crippen molar-refractivity contribution in [1.29, 1.82) is 0 Å². The fourth-order valence-electron chi connectivity index (χ4n) is 1.11. The Morgan fingerprint density at radius 2 is 2.20 bits per heavy atom. The molecular weight excluding hydrogens is 212 g/mol. The molecule has 0 aliphatic carbocycles. The van der Waals surface area contributed by atoms with Crippen LogP contribution in [0, 0.1) is 0 Å². The van der Waals surface area contributed by atoms with Crippen LogP contribution in [-0.4, -0.2) is 25.9 Å². The molecule has 1 heterocycles. The standard InChI is InChI=1S/C9H16N4OS/c1-6(2)15-9-12-11-8(13(9)3)5-4-7(10)14/h6H,4-5H2,1-3H3,(H2,10,14). The zero-order chi connectivity index (χ0) is 11.4. The number of rotatable bonds is 5. The molecule has 0 aliphatic rings. The highest BCUT2D eigenvalue weighted by molar-refractivity contribution is 7.99. The first-order valence-corrected chi connectivity index (χ1v) is 5.72. The maximum absolute atomic E-state index is 10.6. The normalized spacial score (nSPS) is 10.9. The van der Waals surface area contributed by atoms with Crippen LogP contribution < -0.4 is 5.73 Å². The summed E-state index contributed by atoms with van der Waals surface area (Å²) in [6.45, 7) is 4.20. The van der Waals surface area contributed by atoms with Crippen molar-refractivity contribution < 1.29 is 4.79 Å². The van der Waals surface area contributed by atoms with Gasteiger partial charge in [0.15, 0.2) is 5.16 Å². The molecule has 0 unspecified atom stereocenters. The van der Waals surface area contributed by atoms with Crippen LogP contribution in [0.5, 0.6) is 0 Å². The van der Waals surface area contributed by atoms with Crippen molar-refractivity contribution in [3.63, 3.8) is 0 Å². The SMILES string of the molecule is CC(C)Sc1nnc(CCC(N)=O)n1C. The van der Waals surface area contributed by atoms with Crippen molar-refractivity contribution in [2.24, 2.45) is 12.8 Å². The average molecular weight is 228 g/mol. The first kappa shape index (κ1) is 12.0. The van der Waals surface area contributed by atoms with Gasteiger partial charge in [0.05, 0.1) is 0 Å². The Labute approximate surface area is 93.4 Å². The predicted octanol–water partition coefficient (Wildman–Crippen LogP) is 0.733. The van der Waals surface area contributed by atoms with E-state index in [4.69, 9.17) is 5.73 Å². The largest absolute Gasteiger partial charge is 0.370 e. The van der Waals surface area contributed by atoms with Gasteiger partial charge in [-0.2, -0.15) is 0 Å². The number of nitrogens with zero attached hydrogens (tertiary/aromatic N) is 3. The van der Waals surface area contributed by atoms with Crippen molar-refractivity contribution in [2.75, 3.05) is 0 Å². The highest BCUT2D eigenvalue weighted by atomic mass is 32.2. The Morgan fingerprint density at radius 1 is 1.53 bits per heavy atom. The van der Waals surface area contributed by atoms with Crippen molar-refractivity contribution in [3.8, 4) is 0 Å². The summed E-state index contributed by atoms with van der Waals surface area (Å²) in [7, 11) is 1.90. The molecule has 0 aromatic carbocycles. The van der Waals surface area contributed by atoms with Crippen molar-refractivity contribution in [1.82, 2.24) is 14.8 Å². The molecule has 0 bridgehead atoms. The number of aryl methyl sites for hydroxylation is 1. The second-order valence-electron chi connectivity index (χ2n) is 3.59. The molecule has 0 fully saturated rings. The highest BCUT2D eigenvalue weighted by Gasteiger charge is 2.10. The van der Waals surface area contributed by atoms with Gasteiger partial charge in [0.25, 0.3) is 0 Å². The Kier molecular flexibility index (Phi) is 4.14. The Balaban J connectivity index is 2.66. The minimum Gasteiger partial charge on any atom is -0.370 e. The second kappa shape index (κ2) is 5.16. The minimum atomic E-state index is -0.309. The highest BCUT2D eigenvalue weighted by Crippen LogP contribution is 2.20. The number of aromatic nitrogens is 3. The first-order valence-electron chi connectivity index (χ1n) is 4.84. The number of amides is 1. The molecule has 0 saturated carbocycles. The maximum atomic E-state index is 10.6. The van der Waals surface area contributed by atoms with Gasteiger partial charge in [-0.25, -0.2) is 0 Å².